The SMILES string of the molecule is CCCC1CC(CC(C)C)C(C)CC1CC. The fraction of sp³-hybridized carbons (Fsp3) is 1.00. The molecule has 0 heterocycles. The predicted octanol–water partition coefficient (Wildman–Crippen LogP) is 5.52. The first kappa shape index (κ1) is 14.1. The zero-order valence-corrected chi connectivity index (χ0v) is 12.1. The van der Waals surface area contributed by atoms with Gasteiger partial charge in [-0.05, 0) is 48.9 Å². The normalized spacial score (nSPS) is 35.6. The van der Waals surface area contributed by atoms with Crippen LogP contribution in [0.5, 0.6) is 0 Å². The third kappa shape index (κ3) is 3.79. The molecular weight excluding hydrogens is 192 g/mol. The fourth-order valence-electron chi connectivity index (χ4n) is 3.83. The summed E-state index contributed by atoms with van der Waals surface area (Å²) in [5, 5.41) is 0. The largest absolute Gasteiger partial charge is 0.0654 e. The molecule has 1 aliphatic rings. The van der Waals surface area contributed by atoms with Crippen LogP contribution in [0.3, 0.4) is 0 Å². The highest BCUT2D eigenvalue weighted by molar-refractivity contribution is 4.83. The molecule has 0 saturated heterocycles. The van der Waals surface area contributed by atoms with E-state index in [2.05, 4.69) is 34.6 Å². The molecule has 1 aliphatic carbocycles. The second kappa shape index (κ2) is 6.67. The summed E-state index contributed by atoms with van der Waals surface area (Å²) in [6, 6.07) is 0. The monoisotopic (exact) mass is 224 g/mol. The van der Waals surface area contributed by atoms with Gasteiger partial charge in [0.05, 0.1) is 0 Å². The molecule has 0 N–H and O–H groups in total. The lowest BCUT2D eigenvalue weighted by atomic mass is 9.65. The van der Waals surface area contributed by atoms with E-state index in [0.29, 0.717) is 0 Å². The first-order valence-corrected chi connectivity index (χ1v) is 7.58. The molecule has 0 bridgehead atoms. The number of hydrogen-bond donors (Lipinski definition) is 0. The van der Waals surface area contributed by atoms with Crippen LogP contribution in [0.2, 0.25) is 0 Å². The van der Waals surface area contributed by atoms with Gasteiger partial charge in [-0.25, -0.2) is 0 Å². The van der Waals surface area contributed by atoms with Crippen molar-refractivity contribution in [1.82, 2.24) is 0 Å². The van der Waals surface area contributed by atoms with Gasteiger partial charge < -0.3 is 0 Å². The third-order valence-corrected chi connectivity index (χ3v) is 4.71. The van der Waals surface area contributed by atoms with E-state index in [1.807, 2.05) is 0 Å². The zero-order chi connectivity index (χ0) is 12.1. The minimum Gasteiger partial charge on any atom is -0.0654 e. The highest BCUT2D eigenvalue weighted by Gasteiger charge is 2.33. The molecule has 0 amide bonds. The van der Waals surface area contributed by atoms with E-state index in [4.69, 9.17) is 0 Å². The molecule has 0 aliphatic heterocycles. The van der Waals surface area contributed by atoms with E-state index in [0.717, 1.165) is 29.6 Å². The Morgan fingerprint density at radius 1 is 1.00 bits per heavy atom. The van der Waals surface area contributed by atoms with Crippen LogP contribution in [0.4, 0.5) is 0 Å². The van der Waals surface area contributed by atoms with Gasteiger partial charge in [0.15, 0.2) is 0 Å². The van der Waals surface area contributed by atoms with Gasteiger partial charge >= 0.3 is 0 Å². The summed E-state index contributed by atoms with van der Waals surface area (Å²) < 4.78 is 0. The van der Waals surface area contributed by atoms with Crippen molar-refractivity contribution in [1.29, 1.82) is 0 Å². The van der Waals surface area contributed by atoms with Crippen molar-refractivity contribution in [3.63, 3.8) is 0 Å². The van der Waals surface area contributed by atoms with Gasteiger partial charge in [-0.15, -0.1) is 0 Å². The van der Waals surface area contributed by atoms with Crippen molar-refractivity contribution in [2.24, 2.45) is 29.6 Å². The predicted molar refractivity (Wildman–Crippen MR) is 73.5 cm³/mol. The topological polar surface area (TPSA) is 0 Å². The molecule has 0 heteroatoms. The lowest BCUT2D eigenvalue weighted by Gasteiger charge is -2.41. The standard InChI is InChI=1S/C16H32/c1-6-8-15-11-16(9-12(3)4)13(5)10-14(15)7-2/h12-16H,6-11H2,1-5H3. The van der Waals surface area contributed by atoms with Gasteiger partial charge in [-0.2, -0.15) is 0 Å². The molecule has 1 saturated carbocycles. The smallest absolute Gasteiger partial charge is 0.0383 e. The Balaban J connectivity index is 2.56. The fourth-order valence-corrected chi connectivity index (χ4v) is 3.83. The van der Waals surface area contributed by atoms with Gasteiger partial charge in [-0.3, -0.25) is 0 Å². The summed E-state index contributed by atoms with van der Waals surface area (Å²) in [5.74, 6) is 4.93. The van der Waals surface area contributed by atoms with Crippen LogP contribution in [0.15, 0.2) is 0 Å². The van der Waals surface area contributed by atoms with Gasteiger partial charge in [0.2, 0.25) is 0 Å². The third-order valence-electron chi connectivity index (χ3n) is 4.71. The van der Waals surface area contributed by atoms with Crippen molar-refractivity contribution in [3.05, 3.63) is 0 Å². The van der Waals surface area contributed by atoms with Crippen LogP contribution in [0, 0.1) is 29.6 Å². The Morgan fingerprint density at radius 3 is 2.19 bits per heavy atom. The maximum Gasteiger partial charge on any atom is -0.0383 e. The lowest BCUT2D eigenvalue weighted by Crippen LogP contribution is -2.31. The molecule has 0 aromatic heterocycles. The van der Waals surface area contributed by atoms with E-state index >= 15 is 0 Å². The summed E-state index contributed by atoms with van der Waals surface area (Å²) in [6.45, 7) is 12.0. The second-order valence-electron chi connectivity index (χ2n) is 6.56. The van der Waals surface area contributed by atoms with Crippen LogP contribution in [0.25, 0.3) is 0 Å². The van der Waals surface area contributed by atoms with E-state index in [-0.39, 0.29) is 0 Å². The molecule has 96 valence electrons. The van der Waals surface area contributed by atoms with Crippen LogP contribution in [0.1, 0.15) is 73.1 Å². The highest BCUT2D eigenvalue weighted by Crippen LogP contribution is 2.43. The molecular formula is C16H32. The Bertz CT molecular complexity index is 182. The van der Waals surface area contributed by atoms with Crippen LogP contribution in [-0.4, -0.2) is 0 Å². The molecule has 0 aromatic rings. The maximum atomic E-state index is 2.50. The number of rotatable bonds is 5. The van der Waals surface area contributed by atoms with Crippen LogP contribution < -0.4 is 0 Å². The van der Waals surface area contributed by atoms with Crippen LogP contribution in [-0.2, 0) is 0 Å². The zero-order valence-electron chi connectivity index (χ0n) is 12.1. The van der Waals surface area contributed by atoms with E-state index in [1.165, 1.54) is 38.5 Å². The van der Waals surface area contributed by atoms with E-state index < -0.39 is 0 Å². The molecule has 16 heavy (non-hydrogen) atoms. The molecule has 4 unspecified atom stereocenters. The van der Waals surface area contributed by atoms with Crippen molar-refractivity contribution in [2.75, 3.05) is 0 Å². The Morgan fingerprint density at radius 2 is 1.69 bits per heavy atom. The molecule has 0 radical (unpaired) electrons. The molecule has 0 nitrogen and oxygen atoms in total. The minimum absolute atomic E-state index is 0.882. The minimum atomic E-state index is 0.882. The maximum absolute atomic E-state index is 2.50. The van der Waals surface area contributed by atoms with Crippen molar-refractivity contribution >= 4 is 0 Å². The Labute approximate surface area is 103 Å². The number of hydrogen-bond acceptors (Lipinski definition) is 0. The molecule has 0 aromatic carbocycles. The first-order valence-electron chi connectivity index (χ1n) is 7.58. The van der Waals surface area contributed by atoms with Gasteiger partial charge in [-0.1, -0.05) is 53.9 Å². The van der Waals surface area contributed by atoms with Gasteiger partial charge in [0.1, 0.15) is 0 Å². The molecule has 4 atom stereocenters. The summed E-state index contributed by atoms with van der Waals surface area (Å²) >= 11 is 0. The summed E-state index contributed by atoms with van der Waals surface area (Å²) in [6.07, 6.45) is 8.73. The average Bonchev–Trinajstić information content (AvgIpc) is 2.22. The van der Waals surface area contributed by atoms with Crippen molar-refractivity contribution < 1.29 is 0 Å². The van der Waals surface area contributed by atoms with Crippen molar-refractivity contribution in [3.8, 4) is 0 Å². The molecule has 0 spiro atoms. The Hall–Kier alpha value is 0. The summed E-state index contributed by atoms with van der Waals surface area (Å²) in [5.41, 5.74) is 0. The van der Waals surface area contributed by atoms with Crippen LogP contribution >= 0.6 is 0 Å². The Kier molecular flexibility index (Phi) is 5.86. The van der Waals surface area contributed by atoms with E-state index in [9.17, 15) is 0 Å². The van der Waals surface area contributed by atoms with Crippen molar-refractivity contribution in [2.45, 2.75) is 73.1 Å². The first-order chi connectivity index (χ1) is 7.58. The second-order valence-corrected chi connectivity index (χ2v) is 6.56. The molecule has 1 fully saturated rings. The lowest BCUT2D eigenvalue weighted by molar-refractivity contribution is 0.0977. The van der Waals surface area contributed by atoms with Gasteiger partial charge in [0, 0.05) is 0 Å². The van der Waals surface area contributed by atoms with Gasteiger partial charge in [0.25, 0.3) is 0 Å². The van der Waals surface area contributed by atoms with E-state index in [1.54, 1.807) is 0 Å². The molecule has 1 rings (SSSR count). The summed E-state index contributed by atoms with van der Waals surface area (Å²) in [7, 11) is 0. The summed E-state index contributed by atoms with van der Waals surface area (Å²) in [4.78, 5) is 0. The highest BCUT2D eigenvalue weighted by atomic mass is 14.4. The average molecular weight is 224 g/mol. The quantitative estimate of drug-likeness (QED) is 0.576.